The lowest BCUT2D eigenvalue weighted by molar-refractivity contribution is -0.384. The number of esters is 1. The van der Waals surface area contributed by atoms with Crippen molar-refractivity contribution < 1.29 is 19.2 Å². The molecule has 9 nitrogen and oxygen atoms in total. The van der Waals surface area contributed by atoms with Gasteiger partial charge in [-0.25, -0.2) is 0 Å². The SMILES string of the molecule is CCOC(=O)C1CCN(Cc2ccc(NC(=C3C(=O)Nc4ccc([N+](=O)[O-])cc43)c3ccccc3)cc2)CC1. The van der Waals surface area contributed by atoms with Crippen LogP contribution in [0.3, 0.4) is 0 Å². The maximum atomic E-state index is 13.1. The Morgan fingerprint density at radius 1 is 1.08 bits per heavy atom. The minimum atomic E-state index is -0.464. The Morgan fingerprint density at radius 3 is 2.46 bits per heavy atom. The molecule has 9 heteroatoms. The molecule has 0 radical (unpaired) electrons. The number of likely N-dealkylation sites (tertiary alicyclic amines) is 1. The van der Waals surface area contributed by atoms with Crippen LogP contribution >= 0.6 is 0 Å². The molecule has 3 aromatic rings. The van der Waals surface area contributed by atoms with Gasteiger partial charge in [-0.1, -0.05) is 42.5 Å². The van der Waals surface area contributed by atoms with Gasteiger partial charge in [0.1, 0.15) is 0 Å². The minimum Gasteiger partial charge on any atom is -0.466 e. The number of nitrogens with one attached hydrogen (secondary N) is 2. The quantitative estimate of drug-likeness (QED) is 0.177. The van der Waals surface area contributed by atoms with Crippen molar-refractivity contribution in [3.05, 3.63) is 99.6 Å². The summed E-state index contributed by atoms with van der Waals surface area (Å²) in [6, 6.07) is 21.8. The molecule has 2 N–H and O–H groups in total. The van der Waals surface area contributed by atoms with Crippen LogP contribution in [0.4, 0.5) is 17.1 Å². The third-order valence-electron chi connectivity index (χ3n) is 7.11. The first-order chi connectivity index (χ1) is 18.9. The zero-order valence-electron chi connectivity index (χ0n) is 21.7. The van der Waals surface area contributed by atoms with Crippen molar-refractivity contribution in [1.29, 1.82) is 0 Å². The highest BCUT2D eigenvalue weighted by atomic mass is 16.6. The number of nitro benzene ring substituents is 1. The number of hydrogen-bond acceptors (Lipinski definition) is 7. The van der Waals surface area contributed by atoms with Crippen molar-refractivity contribution in [2.75, 3.05) is 30.3 Å². The predicted molar refractivity (Wildman–Crippen MR) is 150 cm³/mol. The van der Waals surface area contributed by atoms with E-state index in [1.807, 2.05) is 61.5 Å². The number of ether oxygens (including phenoxy) is 1. The van der Waals surface area contributed by atoms with Crippen molar-refractivity contribution in [3.8, 4) is 0 Å². The molecule has 39 heavy (non-hydrogen) atoms. The van der Waals surface area contributed by atoms with Gasteiger partial charge in [0.05, 0.1) is 28.7 Å². The standard InChI is InChI=1S/C30H30N4O5/c1-2-39-30(36)22-14-16-33(17-15-22)19-20-8-10-23(11-9-20)31-28(21-6-4-3-5-7-21)27-25-18-24(34(37)38)12-13-26(25)32-29(27)35/h3-13,18,22,31H,2,14-17,19H2,1H3,(H,32,35). The lowest BCUT2D eigenvalue weighted by Crippen LogP contribution is -2.36. The van der Waals surface area contributed by atoms with Crippen LogP contribution in [0.5, 0.6) is 0 Å². The molecule has 0 bridgehead atoms. The van der Waals surface area contributed by atoms with Crippen LogP contribution in [0.25, 0.3) is 11.3 Å². The van der Waals surface area contributed by atoms with Gasteiger partial charge in [-0.15, -0.1) is 0 Å². The monoisotopic (exact) mass is 526 g/mol. The average molecular weight is 527 g/mol. The molecule has 2 aliphatic rings. The third-order valence-corrected chi connectivity index (χ3v) is 7.11. The fourth-order valence-corrected chi connectivity index (χ4v) is 5.08. The van der Waals surface area contributed by atoms with Gasteiger partial charge in [-0.3, -0.25) is 24.6 Å². The Morgan fingerprint density at radius 2 is 1.79 bits per heavy atom. The fraction of sp³-hybridized carbons (Fsp3) is 0.267. The van der Waals surface area contributed by atoms with Gasteiger partial charge in [0, 0.05) is 35.6 Å². The van der Waals surface area contributed by atoms with E-state index in [4.69, 9.17) is 4.74 Å². The van der Waals surface area contributed by atoms with Crippen LogP contribution in [0, 0.1) is 16.0 Å². The zero-order chi connectivity index (χ0) is 27.4. The van der Waals surface area contributed by atoms with Crippen LogP contribution in [-0.2, 0) is 20.9 Å². The third kappa shape index (κ3) is 5.83. The van der Waals surface area contributed by atoms with Crippen molar-refractivity contribution >= 4 is 40.2 Å². The molecule has 2 heterocycles. The van der Waals surface area contributed by atoms with Gasteiger partial charge in [-0.05, 0) is 62.2 Å². The summed E-state index contributed by atoms with van der Waals surface area (Å²) in [5.74, 6) is -0.430. The van der Waals surface area contributed by atoms with E-state index in [1.54, 1.807) is 6.07 Å². The first-order valence-corrected chi connectivity index (χ1v) is 13.1. The summed E-state index contributed by atoms with van der Waals surface area (Å²) < 4.78 is 5.17. The molecular formula is C30H30N4O5. The van der Waals surface area contributed by atoms with Gasteiger partial charge < -0.3 is 15.4 Å². The zero-order valence-corrected chi connectivity index (χ0v) is 21.7. The van der Waals surface area contributed by atoms with Gasteiger partial charge in [0.2, 0.25) is 0 Å². The van der Waals surface area contributed by atoms with E-state index in [0.717, 1.165) is 49.3 Å². The molecular weight excluding hydrogens is 496 g/mol. The molecule has 2 aliphatic heterocycles. The number of nitro groups is 1. The summed E-state index contributed by atoms with van der Waals surface area (Å²) in [5, 5.41) is 17.6. The number of benzene rings is 3. The van der Waals surface area contributed by atoms with Crippen LogP contribution < -0.4 is 10.6 Å². The van der Waals surface area contributed by atoms with E-state index in [9.17, 15) is 19.7 Å². The molecule has 1 amide bonds. The minimum absolute atomic E-state index is 0.0171. The van der Waals surface area contributed by atoms with E-state index < -0.39 is 4.92 Å². The number of fused-ring (bicyclic) bond motifs is 1. The number of amides is 1. The Hall–Kier alpha value is -4.50. The fourth-order valence-electron chi connectivity index (χ4n) is 5.08. The highest BCUT2D eigenvalue weighted by Gasteiger charge is 2.30. The van der Waals surface area contributed by atoms with Gasteiger partial charge in [0.25, 0.3) is 11.6 Å². The molecule has 200 valence electrons. The van der Waals surface area contributed by atoms with Crippen molar-refractivity contribution in [2.45, 2.75) is 26.3 Å². The molecule has 0 unspecified atom stereocenters. The molecule has 5 rings (SSSR count). The topological polar surface area (TPSA) is 114 Å². The first kappa shape index (κ1) is 26.1. The summed E-state index contributed by atoms with van der Waals surface area (Å²) >= 11 is 0. The lowest BCUT2D eigenvalue weighted by atomic mass is 9.96. The molecule has 0 atom stereocenters. The van der Waals surface area contributed by atoms with Crippen LogP contribution in [0.15, 0.2) is 72.8 Å². The summed E-state index contributed by atoms with van der Waals surface area (Å²) in [7, 11) is 0. The first-order valence-electron chi connectivity index (χ1n) is 13.1. The largest absolute Gasteiger partial charge is 0.466 e. The number of carbonyl (C=O) groups is 2. The van der Waals surface area contributed by atoms with E-state index in [2.05, 4.69) is 15.5 Å². The van der Waals surface area contributed by atoms with Crippen molar-refractivity contribution in [2.24, 2.45) is 5.92 Å². The molecule has 0 saturated carbocycles. The molecule has 1 fully saturated rings. The molecule has 3 aromatic carbocycles. The summed E-state index contributed by atoms with van der Waals surface area (Å²) in [5.41, 5.74) is 4.60. The van der Waals surface area contributed by atoms with Crippen LogP contribution in [0.1, 0.15) is 36.5 Å². The second-order valence-corrected chi connectivity index (χ2v) is 9.68. The van der Waals surface area contributed by atoms with E-state index >= 15 is 0 Å². The highest BCUT2D eigenvalue weighted by Crippen LogP contribution is 2.39. The molecule has 1 saturated heterocycles. The van der Waals surface area contributed by atoms with Gasteiger partial charge >= 0.3 is 5.97 Å². The highest BCUT2D eigenvalue weighted by molar-refractivity contribution is 6.37. The Balaban J connectivity index is 1.36. The maximum absolute atomic E-state index is 13.1. The number of non-ortho nitro benzene ring substituents is 1. The molecule has 0 aliphatic carbocycles. The van der Waals surface area contributed by atoms with Gasteiger partial charge in [0.15, 0.2) is 0 Å². The number of anilines is 2. The lowest BCUT2D eigenvalue weighted by Gasteiger charge is -2.30. The molecule has 0 aromatic heterocycles. The Labute approximate surface area is 226 Å². The Kier molecular flexibility index (Phi) is 7.69. The van der Waals surface area contributed by atoms with Crippen molar-refractivity contribution in [3.63, 3.8) is 0 Å². The number of nitrogens with zero attached hydrogens (tertiary/aromatic N) is 2. The van der Waals surface area contributed by atoms with Crippen LogP contribution in [-0.4, -0.2) is 41.4 Å². The van der Waals surface area contributed by atoms with Gasteiger partial charge in [-0.2, -0.15) is 0 Å². The Bertz CT molecular complexity index is 1410. The number of carbonyl (C=O) groups excluding carboxylic acids is 2. The van der Waals surface area contributed by atoms with E-state index in [-0.39, 0.29) is 23.5 Å². The average Bonchev–Trinajstić information content (AvgIpc) is 3.28. The van der Waals surface area contributed by atoms with E-state index in [1.165, 1.54) is 12.1 Å². The summed E-state index contributed by atoms with van der Waals surface area (Å²) in [4.78, 5) is 38.4. The summed E-state index contributed by atoms with van der Waals surface area (Å²) in [6.45, 7) is 4.71. The van der Waals surface area contributed by atoms with E-state index in [0.29, 0.717) is 29.1 Å². The second-order valence-electron chi connectivity index (χ2n) is 9.68. The number of piperidine rings is 1. The summed E-state index contributed by atoms with van der Waals surface area (Å²) in [6.07, 6.45) is 1.60. The normalized spacial score (nSPS) is 16.8. The second kappa shape index (κ2) is 11.5. The number of rotatable bonds is 8. The van der Waals surface area contributed by atoms with Crippen molar-refractivity contribution in [1.82, 2.24) is 4.90 Å². The van der Waals surface area contributed by atoms with Crippen LogP contribution in [0.2, 0.25) is 0 Å². The molecule has 0 spiro atoms. The number of hydrogen-bond donors (Lipinski definition) is 2. The maximum Gasteiger partial charge on any atom is 0.309 e. The smallest absolute Gasteiger partial charge is 0.309 e. The predicted octanol–water partition coefficient (Wildman–Crippen LogP) is 5.30.